The highest BCUT2D eigenvalue weighted by molar-refractivity contribution is 7.18. The summed E-state index contributed by atoms with van der Waals surface area (Å²) >= 11 is 1.66. The van der Waals surface area contributed by atoms with E-state index in [1.165, 1.54) is 21.4 Å². The van der Waals surface area contributed by atoms with Gasteiger partial charge < -0.3 is 4.74 Å². The second-order valence-electron chi connectivity index (χ2n) is 8.11. The zero-order valence-corrected chi connectivity index (χ0v) is 18.0. The third-order valence-electron chi connectivity index (χ3n) is 6.24. The molecule has 1 aliphatic heterocycles. The van der Waals surface area contributed by atoms with Crippen LogP contribution in [0.2, 0.25) is 0 Å². The summed E-state index contributed by atoms with van der Waals surface area (Å²) in [5.41, 5.74) is 1.43. The Bertz CT molecular complexity index is 1160. The molecule has 0 atom stereocenters. The first-order valence-corrected chi connectivity index (χ1v) is 11.7. The number of benzene rings is 1. The molecule has 3 aromatic rings. The molecule has 0 unspecified atom stereocenters. The van der Waals surface area contributed by atoms with E-state index in [0.29, 0.717) is 12.2 Å². The second kappa shape index (κ2) is 8.49. The molecule has 0 radical (unpaired) electrons. The lowest BCUT2D eigenvalue weighted by molar-refractivity contribution is 0.0364. The fourth-order valence-corrected chi connectivity index (χ4v) is 6.01. The molecule has 0 N–H and O–H groups in total. The van der Waals surface area contributed by atoms with Gasteiger partial charge >= 0.3 is 5.69 Å². The number of hydrogen-bond acceptors (Lipinski definition) is 5. The number of fused-ring (bicyclic) bond motifs is 3. The largest absolute Gasteiger partial charge is 0.379 e. The fraction of sp³-hybridized carbons (Fsp3) is 0.478. The molecule has 5 rings (SSSR count). The van der Waals surface area contributed by atoms with E-state index in [-0.39, 0.29) is 11.2 Å². The minimum atomic E-state index is -0.233. The summed E-state index contributed by atoms with van der Waals surface area (Å²) in [7, 11) is 0. The third-order valence-corrected chi connectivity index (χ3v) is 7.56. The number of ether oxygens (including phenoxy) is 1. The van der Waals surface area contributed by atoms with Gasteiger partial charge in [0.1, 0.15) is 4.83 Å². The Morgan fingerprint density at radius 1 is 0.933 bits per heavy atom. The van der Waals surface area contributed by atoms with Crippen LogP contribution in [0.3, 0.4) is 0 Å². The van der Waals surface area contributed by atoms with Crippen molar-refractivity contribution in [3.63, 3.8) is 0 Å². The van der Waals surface area contributed by atoms with Crippen LogP contribution < -0.4 is 11.2 Å². The summed E-state index contributed by atoms with van der Waals surface area (Å²) in [6, 6.07) is 9.33. The van der Waals surface area contributed by atoms with Gasteiger partial charge in [0, 0.05) is 31.1 Å². The Hall–Kier alpha value is -2.22. The van der Waals surface area contributed by atoms with Gasteiger partial charge in [-0.2, -0.15) is 0 Å². The van der Waals surface area contributed by atoms with Crippen LogP contribution in [0.4, 0.5) is 0 Å². The first-order chi connectivity index (χ1) is 14.7. The van der Waals surface area contributed by atoms with Crippen molar-refractivity contribution in [3.8, 4) is 5.69 Å². The third kappa shape index (κ3) is 3.55. The molecular weight excluding hydrogens is 398 g/mol. The topological polar surface area (TPSA) is 56.5 Å². The number of nitrogens with zero attached hydrogens (tertiary/aromatic N) is 3. The molecule has 2 aliphatic rings. The molecule has 30 heavy (non-hydrogen) atoms. The summed E-state index contributed by atoms with van der Waals surface area (Å²) in [4.78, 5) is 31.6. The monoisotopic (exact) mass is 425 g/mol. The molecule has 3 heterocycles. The molecule has 7 heteroatoms. The lowest BCUT2D eigenvalue weighted by Crippen LogP contribution is -2.42. The summed E-state index contributed by atoms with van der Waals surface area (Å²) in [6.07, 6.45) is 5.41. The van der Waals surface area contributed by atoms with Gasteiger partial charge in [-0.3, -0.25) is 14.3 Å². The SMILES string of the molecule is O=c1c2c3c(sc2n(CCN2CCOCC2)c(=O)n1-c1ccccc1)CCCCC3. The van der Waals surface area contributed by atoms with Crippen molar-refractivity contribution in [1.82, 2.24) is 14.0 Å². The molecule has 0 spiro atoms. The first-order valence-electron chi connectivity index (χ1n) is 10.9. The molecule has 2 aromatic heterocycles. The highest BCUT2D eigenvalue weighted by Gasteiger charge is 2.24. The molecule has 1 fully saturated rings. The molecule has 0 saturated carbocycles. The van der Waals surface area contributed by atoms with E-state index < -0.39 is 0 Å². The zero-order valence-electron chi connectivity index (χ0n) is 17.1. The van der Waals surface area contributed by atoms with E-state index in [4.69, 9.17) is 4.74 Å². The summed E-state index contributed by atoms with van der Waals surface area (Å²) < 4.78 is 8.67. The Labute approximate surface area is 179 Å². The van der Waals surface area contributed by atoms with Gasteiger partial charge in [-0.15, -0.1) is 11.3 Å². The quantitative estimate of drug-likeness (QED) is 0.603. The molecule has 1 aromatic carbocycles. The number of rotatable bonds is 4. The number of hydrogen-bond donors (Lipinski definition) is 0. The predicted octanol–water partition coefficient (Wildman–Crippen LogP) is 2.82. The average Bonchev–Trinajstić information content (AvgIpc) is 2.98. The number of aromatic nitrogens is 2. The molecular formula is C23H27N3O3S. The highest BCUT2D eigenvalue weighted by Crippen LogP contribution is 2.33. The molecule has 0 bridgehead atoms. The number of aryl methyl sites for hydroxylation is 2. The van der Waals surface area contributed by atoms with Crippen LogP contribution in [0, 0.1) is 0 Å². The summed E-state index contributed by atoms with van der Waals surface area (Å²) in [6.45, 7) is 4.62. The van der Waals surface area contributed by atoms with Crippen LogP contribution in [-0.4, -0.2) is 46.9 Å². The van der Waals surface area contributed by atoms with Crippen molar-refractivity contribution in [2.24, 2.45) is 0 Å². The van der Waals surface area contributed by atoms with Crippen molar-refractivity contribution in [1.29, 1.82) is 0 Å². The van der Waals surface area contributed by atoms with Crippen molar-refractivity contribution in [2.75, 3.05) is 32.8 Å². The van der Waals surface area contributed by atoms with Crippen LogP contribution >= 0.6 is 11.3 Å². The van der Waals surface area contributed by atoms with Gasteiger partial charge in [0.15, 0.2) is 0 Å². The van der Waals surface area contributed by atoms with E-state index in [0.717, 1.165) is 68.7 Å². The Balaban J connectivity index is 1.68. The number of thiophene rings is 1. The van der Waals surface area contributed by atoms with Crippen molar-refractivity contribution in [3.05, 3.63) is 61.6 Å². The molecule has 1 saturated heterocycles. The van der Waals surface area contributed by atoms with Gasteiger partial charge in [-0.25, -0.2) is 9.36 Å². The molecule has 158 valence electrons. The van der Waals surface area contributed by atoms with E-state index in [9.17, 15) is 9.59 Å². The fourth-order valence-electron chi connectivity index (χ4n) is 4.61. The van der Waals surface area contributed by atoms with Crippen molar-refractivity contribution >= 4 is 21.6 Å². The number of para-hydroxylation sites is 1. The van der Waals surface area contributed by atoms with Crippen LogP contribution in [0.15, 0.2) is 39.9 Å². The van der Waals surface area contributed by atoms with Gasteiger partial charge in [-0.1, -0.05) is 24.6 Å². The zero-order chi connectivity index (χ0) is 20.5. The lowest BCUT2D eigenvalue weighted by Gasteiger charge is -2.26. The van der Waals surface area contributed by atoms with Crippen LogP contribution in [0.5, 0.6) is 0 Å². The Morgan fingerprint density at radius 2 is 1.70 bits per heavy atom. The lowest BCUT2D eigenvalue weighted by atomic mass is 10.1. The smallest absolute Gasteiger partial charge is 0.336 e. The van der Waals surface area contributed by atoms with Gasteiger partial charge in [-0.05, 0) is 43.4 Å². The van der Waals surface area contributed by atoms with E-state index in [2.05, 4.69) is 4.90 Å². The van der Waals surface area contributed by atoms with Gasteiger partial charge in [0.25, 0.3) is 5.56 Å². The molecule has 6 nitrogen and oxygen atoms in total. The van der Waals surface area contributed by atoms with Crippen LogP contribution in [0.25, 0.3) is 15.9 Å². The molecule has 0 amide bonds. The highest BCUT2D eigenvalue weighted by atomic mass is 32.1. The summed E-state index contributed by atoms with van der Waals surface area (Å²) in [5, 5.41) is 0.766. The van der Waals surface area contributed by atoms with E-state index >= 15 is 0 Å². The molecule has 1 aliphatic carbocycles. The second-order valence-corrected chi connectivity index (χ2v) is 9.19. The predicted molar refractivity (Wildman–Crippen MR) is 120 cm³/mol. The van der Waals surface area contributed by atoms with Gasteiger partial charge in [0.2, 0.25) is 0 Å². The van der Waals surface area contributed by atoms with Gasteiger partial charge in [0.05, 0.1) is 24.3 Å². The maximum absolute atomic E-state index is 13.6. The van der Waals surface area contributed by atoms with E-state index in [1.54, 1.807) is 11.3 Å². The van der Waals surface area contributed by atoms with Crippen LogP contribution in [0.1, 0.15) is 29.7 Å². The first kappa shape index (κ1) is 19.7. The minimum Gasteiger partial charge on any atom is -0.379 e. The summed E-state index contributed by atoms with van der Waals surface area (Å²) in [5.74, 6) is 0. The Morgan fingerprint density at radius 3 is 2.50 bits per heavy atom. The van der Waals surface area contributed by atoms with Crippen molar-refractivity contribution < 1.29 is 4.74 Å². The normalized spacial score (nSPS) is 17.7. The maximum atomic E-state index is 13.6. The standard InChI is InChI=1S/C23H27N3O3S/c27-21-20-18-9-5-2-6-10-19(18)30-22(20)25(12-11-24-13-15-29-16-14-24)23(28)26(21)17-7-3-1-4-8-17/h1,3-4,7-8H,2,5-6,9-16H2. The van der Waals surface area contributed by atoms with Crippen molar-refractivity contribution in [2.45, 2.75) is 38.6 Å². The minimum absolute atomic E-state index is 0.164. The average molecular weight is 426 g/mol. The number of morpholine rings is 1. The Kier molecular flexibility index (Phi) is 5.58. The van der Waals surface area contributed by atoms with E-state index in [1.807, 2.05) is 34.9 Å². The maximum Gasteiger partial charge on any atom is 0.336 e. The van der Waals surface area contributed by atoms with Crippen LogP contribution in [-0.2, 0) is 24.1 Å².